The Labute approximate surface area is 98.4 Å². The van der Waals surface area contributed by atoms with E-state index in [0.29, 0.717) is 0 Å². The summed E-state index contributed by atoms with van der Waals surface area (Å²) in [5.74, 6) is -1.20. The predicted octanol–water partition coefficient (Wildman–Crippen LogP) is 1.93. The maximum Gasteiger partial charge on any atom is 0.258 e. The number of likely N-dealkylation sites (N-methyl/N-ethyl adjacent to an activating group) is 1. The zero-order valence-corrected chi connectivity index (χ0v) is 9.83. The second kappa shape index (κ2) is 5.27. The van der Waals surface area contributed by atoms with Crippen LogP contribution >= 0.6 is 11.6 Å². The molecule has 0 saturated carbocycles. The molecule has 0 saturated heterocycles. The first kappa shape index (κ1) is 12.9. The van der Waals surface area contributed by atoms with Crippen LogP contribution in [0.2, 0.25) is 5.02 Å². The van der Waals surface area contributed by atoms with E-state index in [2.05, 4.69) is 0 Å². The summed E-state index contributed by atoms with van der Waals surface area (Å²) in [7, 11) is 1.49. The molecule has 0 aliphatic heterocycles. The summed E-state index contributed by atoms with van der Waals surface area (Å²) >= 11 is 5.77. The minimum Gasteiger partial charge on any atom is -0.394 e. The lowest BCUT2D eigenvalue weighted by molar-refractivity contribution is 0.0677. The molecule has 0 bridgehead atoms. The average Bonchev–Trinajstić information content (AvgIpc) is 2.26. The molecule has 1 atom stereocenters. The van der Waals surface area contributed by atoms with E-state index in [0.717, 1.165) is 0 Å². The topological polar surface area (TPSA) is 40.5 Å². The van der Waals surface area contributed by atoms with Crippen molar-refractivity contribution < 1.29 is 14.3 Å². The van der Waals surface area contributed by atoms with Crippen LogP contribution in [0.4, 0.5) is 4.39 Å². The molecule has 0 radical (unpaired) electrons. The van der Waals surface area contributed by atoms with E-state index in [9.17, 15) is 9.18 Å². The normalized spacial score (nSPS) is 12.3. The molecule has 0 spiro atoms. The summed E-state index contributed by atoms with van der Waals surface area (Å²) in [6, 6.07) is 3.68. The molecular formula is C11H13ClFNO2. The molecule has 0 fully saturated rings. The molecule has 1 amide bonds. The number of nitrogens with zero attached hydrogens (tertiary/aromatic N) is 1. The summed E-state index contributed by atoms with van der Waals surface area (Å²) < 4.78 is 13.4. The zero-order valence-electron chi connectivity index (χ0n) is 9.08. The quantitative estimate of drug-likeness (QED) is 0.884. The number of aliphatic hydroxyl groups is 1. The number of hydrogen-bond donors (Lipinski definition) is 1. The fourth-order valence-electron chi connectivity index (χ4n) is 1.20. The van der Waals surface area contributed by atoms with Gasteiger partial charge >= 0.3 is 0 Å². The van der Waals surface area contributed by atoms with Crippen LogP contribution in [-0.4, -0.2) is 35.6 Å². The first-order valence-corrected chi connectivity index (χ1v) is 5.18. The van der Waals surface area contributed by atoms with Crippen molar-refractivity contribution in [2.24, 2.45) is 0 Å². The molecule has 0 aliphatic rings. The van der Waals surface area contributed by atoms with Gasteiger partial charge in [-0.2, -0.15) is 0 Å². The molecule has 1 rings (SSSR count). The summed E-state index contributed by atoms with van der Waals surface area (Å²) in [5.41, 5.74) is -0.160. The van der Waals surface area contributed by atoms with E-state index in [1.54, 1.807) is 6.92 Å². The van der Waals surface area contributed by atoms with E-state index in [4.69, 9.17) is 16.7 Å². The largest absolute Gasteiger partial charge is 0.394 e. The monoisotopic (exact) mass is 245 g/mol. The van der Waals surface area contributed by atoms with Gasteiger partial charge in [0.05, 0.1) is 23.2 Å². The highest BCUT2D eigenvalue weighted by Crippen LogP contribution is 2.20. The van der Waals surface area contributed by atoms with Gasteiger partial charge in [-0.25, -0.2) is 4.39 Å². The Kier molecular flexibility index (Phi) is 4.26. The van der Waals surface area contributed by atoms with Crippen molar-refractivity contribution in [1.29, 1.82) is 0 Å². The van der Waals surface area contributed by atoms with Crippen LogP contribution in [-0.2, 0) is 0 Å². The number of aliphatic hydroxyl groups excluding tert-OH is 1. The van der Waals surface area contributed by atoms with Gasteiger partial charge in [0.15, 0.2) is 0 Å². The van der Waals surface area contributed by atoms with Gasteiger partial charge in [0.1, 0.15) is 5.82 Å². The first-order valence-electron chi connectivity index (χ1n) is 4.81. The molecule has 16 heavy (non-hydrogen) atoms. The maximum absolute atomic E-state index is 13.4. The Morgan fingerprint density at radius 2 is 2.25 bits per heavy atom. The van der Waals surface area contributed by atoms with Crippen molar-refractivity contribution >= 4 is 17.5 Å². The second-order valence-electron chi connectivity index (χ2n) is 3.54. The third-order valence-corrected chi connectivity index (χ3v) is 2.74. The van der Waals surface area contributed by atoms with Crippen LogP contribution in [0.5, 0.6) is 0 Å². The zero-order chi connectivity index (χ0) is 12.3. The summed E-state index contributed by atoms with van der Waals surface area (Å²) in [5, 5.41) is 8.99. The van der Waals surface area contributed by atoms with Crippen LogP contribution < -0.4 is 0 Å². The molecule has 3 nitrogen and oxygen atoms in total. The molecule has 0 heterocycles. The van der Waals surface area contributed by atoms with E-state index >= 15 is 0 Å². The molecule has 1 unspecified atom stereocenters. The number of carbonyl (C=O) groups is 1. The van der Waals surface area contributed by atoms with Crippen LogP contribution in [0.3, 0.4) is 0 Å². The van der Waals surface area contributed by atoms with Crippen molar-refractivity contribution in [2.75, 3.05) is 13.7 Å². The van der Waals surface area contributed by atoms with Crippen molar-refractivity contribution in [2.45, 2.75) is 13.0 Å². The van der Waals surface area contributed by atoms with Crippen molar-refractivity contribution in [1.82, 2.24) is 4.90 Å². The number of benzene rings is 1. The third-order valence-electron chi connectivity index (χ3n) is 2.42. The Morgan fingerprint density at radius 1 is 1.62 bits per heavy atom. The van der Waals surface area contributed by atoms with Gasteiger partial charge in [-0.1, -0.05) is 17.7 Å². The average molecular weight is 246 g/mol. The maximum atomic E-state index is 13.4. The van der Waals surface area contributed by atoms with Gasteiger partial charge < -0.3 is 10.0 Å². The molecule has 88 valence electrons. The predicted molar refractivity (Wildman–Crippen MR) is 60.1 cm³/mol. The van der Waals surface area contributed by atoms with Crippen LogP contribution in [0, 0.1) is 5.82 Å². The highest BCUT2D eigenvalue weighted by molar-refractivity contribution is 6.33. The highest BCUT2D eigenvalue weighted by Gasteiger charge is 2.22. The van der Waals surface area contributed by atoms with Crippen LogP contribution in [0.25, 0.3) is 0 Å². The second-order valence-corrected chi connectivity index (χ2v) is 3.95. The number of rotatable bonds is 3. The molecular weight excluding hydrogens is 233 g/mol. The lowest BCUT2D eigenvalue weighted by Crippen LogP contribution is -2.37. The number of halogens is 2. The summed E-state index contributed by atoms with van der Waals surface area (Å²) in [4.78, 5) is 13.1. The van der Waals surface area contributed by atoms with Gasteiger partial charge in [-0.15, -0.1) is 0 Å². The van der Waals surface area contributed by atoms with Crippen molar-refractivity contribution in [3.63, 3.8) is 0 Å². The van der Waals surface area contributed by atoms with E-state index in [1.807, 2.05) is 0 Å². The fraction of sp³-hybridized carbons (Fsp3) is 0.364. The lowest BCUT2D eigenvalue weighted by atomic mass is 10.1. The smallest absolute Gasteiger partial charge is 0.258 e. The standard InChI is InChI=1S/C11H13ClFNO2/c1-7(6-15)14(2)11(16)10-8(12)4-3-5-9(10)13/h3-5,7,15H,6H2,1-2H3. The summed E-state index contributed by atoms with van der Waals surface area (Å²) in [6.45, 7) is 1.47. The van der Waals surface area contributed by atoms with Gasteiger partial charge in [0, 0.05) is 7.05 Å². The summed E-state index contributed by atoms with van der Waals surface area (Å²) in [6.07, 6.45) is 0. The minimum absolute atomic E-state index is 0.0713. The van der Waals surface area contributed by atoms with Crippen LogP contribution in [0.1, 0.15) is 17.3 Å². The molecule has 0 aliphatic carbocycles. The Balaban J connectivity index is 3.05. The molecule has 0 aromatic heterocycles. The van der Waals surface area contributed by atoms with Gasteiger partial charge in [-0.05, 0) is 19.1 Å². The highest BCUT2D eigenvalue weighted by atomic mass is 35.5. The van der Waals surface area contributed by atoms with E-state index < -0.39 is 11.7 Å². The Bertz CT molecular complexity index is 377. The van der Waals surface area contributed by atoms with E-state index in [-0.39, 0.29) is 23.2 Å². The van der Waals surface area contributed by atoms with E-state index in [1.165, 1.54) is 30.1 Å². The van der Waals surface area contributed by atoms with Gasteiger partial charge in [0.25, 0.3) is 5.91 Å². The first-order chi connectivity index (χ1) is 7.49. The molecule has 1 N–H and O–H groups in total. The molecule has 1 aromatic carbocycles. The van der Waals surface area contributed by atoms with Crippen molar-refractivity contribution in [3.8, 4) is 0 Å². The fourth-order valence-corrected chi connectivity index (χ4v) is 1.44. The number of carbonyl (C=O) groups excluding carboxylic acids is 1. The van der Waals surface area contributed by atoms with Crippen molar-refractivity contribution in [3.05, 3.63) is 34.6 Å². The number of hydrogen-bond acceptors (Lipinski definition) is 2. The van der Waals surface area contributed by atoms with Crippen LogP contribution in [0.15, 0.2) is 18.2 Å². The third kappa shape index (κ3) is 2.51. The lowest BCUT2D eigenvalue weighted by Gasteiger charge is -2.23. The van der Waals surface area contributed by atoms with Gasteiger partial charge in [-0.3, -0.25) is 4.79 Å². The Hall–Kier alpha value is -1.13. The number of amides is 1. The molecule has 5 heteroatoms. The van der Waals surface area contributed by atoms with Gasteiger partial charge in [0.2, 0.25) is 0 Å². The SMILES string of the molecule is CC(CO)N(C)C(=O)c1c(F)cccc1Cl. The minimum atomic E-state index is -0.658. The molecule has 1 aromatic rings. The Morgan fingerprint density at radius 3 is 2.75 bits per heavy atom.